The fourth-order valence-electron chi connectivity index (χ4n) is 0.619. The molecule has 0 rings (SSSR count). The number of allylic oxidation sites excluding steroid dienone is 4. The van der Waals surface area contributed by atoms with Gasteiger partial charge >= 0.3 is 0 Å². The van der Waals surface area contributed by atoms with Crippen LogP contribution in [0.15, 0.2) is 22.8 Å². The van der Waals surface area contributed by atoms with Crippen molar-refractivity contribution in [2.45, 2.75) is 27.2 Å². The van der Waals surface area contributed by atoms with E-state index in [0.717, 1.165) is 11.5 Å². The molecule has 0 fully saturated rings. The molecule has 0 bridgehead atoms. The maximum Gasteiger partial charge on any atom is 0.0207 e. The van der Waals surface area contributed by atoms with Crippen molar-refractivity contribution in [1.29, 1.82) is 0 Å². The molecule has 0 aromatic heterocycles. The van der Waals surface area contributed by atoms with Crippen LogP contribution in [-0.4, -0.2) is 0 Å². The first kappa shape index (κ1) is 8.77. The van der Waals surface area contributed by atoms with E-state index in [4.69, 9.17) is 11.6 Å². The maximum atomic E-state index is 5.82. The summed E-state index contributed by atoms with van der Waals surface area (Å²) in [5, 5.41) is 0.952. The van der Waals surface area contributed by atoms with Gasteiger partial charge in [-0.25, -0.2) is 0 Å². The fraction of sp³-hybridized carbons (Fsp3) is 0.500. The Bertz CT molecular complexity index is 132. The summed E-state index contributed by atoms with van der Waals surface area (Å²) in [4.78, 5) is 0. The van der Waals surface area contributed by atoms with Crippen molar-refractivity contribution in [2.75, 3.05) is 0 Å². The molecule has 0 saturated carbocycles. The van der Waals surface area contributed by atoms with Gasteiger partial charge in [-0.2, -0.15) is 0 Å². The highest BCUT2D eigenvalue weighted by molar-refractivity contribution is 6.30. The van der Waals surface area contributed by atoms with Crippen molar-refractivity contribution >= 4 is 11.6 Å². The Morgan fingerprint density at radius 2 is 2.11 bits per heavy atom. The monoisotopic (exact) mass is 144 g/mol. The second kappa shape index (κ2) is 4.63. The molecular formula is C8H13Cl. The lowest BCUT2D eigenvalue weighted by molar-refractivity contribution is 1.16. The minimum atomic E-state index is 0.928. The van der Waals surface area contributed by atoms with Crippen LogP contribution in [-0.2, 0) is 0 Å². The van der Waals surface area contributed by atoms with Gasteiger partial charge in [-0.05, 0) is 25.8 Å². The van der Waals surface area contributed by atoms with Gasteiger partial charge in [0.15, 0.2) is 0 Å². The molecule has 0 unspecified atom stereocenters. The first-order chi connectivity index (χ1) is 4.22. The quantitative estimate of drug-likeness (QED) is 0.521. The van der Waals surface area contributed by atoms with Gasteiger partial charge in [0.25, 0.3) is 0 Å². The number of hydrogen-bond acceptors (Lipinski definition) is 0. The van der Waals surface area contributed by atoms with Gasteiger partial charge in [0, 0.05) is 5.03 Å². The van der Waals surface area contributed by atoms with Crippen LogP contribution in [0.1, 0.15) is 27.2 Å². The summed E-state index contributed by atoms with van der Waals surface area (Å²) in [5.41, 5.74) is 1.17. The zero-order chi connectivity index (χ0) is 7.28. The highest BCUT2D eigenvalue weighted by Gasteiger charge is 1.89. The molecule has 0 aromatic carbocycles. The molecule has 0 aliphatic carbocycles. The van der Waals surface area contributed by atoms with Gasteiger partial charge in [-0.3, -0.25) is 0 Å². The van der Waals surface area contributed by atoms with Crippen molar-refractivity contribution < 1.29 is 0 Å². The minimum absolute atomic E-state index is 0.928. The predicted octanol–water partition coefficient (Wildman–Crippen LogP) is 3.49. The zero-order valence-corrected chi connectivity index (χ0v) is 7.00. The van der Waals surface area contributed by atoms with Crippen LogP contribution in [0.4, 0.5) is 0 Å². The molecule has 0 nitrogen and oxygen atoms in total. The van der Waals surface area contributed by atoms with E-state index in [-0.39, 0.29) is 0 Å². The Morgan fingerprint density at radius 3 is 2.44 bits per heavy atom. The van der Waals surface area contributed by atoms with Crippen molar-refractivity contribution in [3.8, 4) is 0 Å². The largest absolute Gasteiger partial charge is 0.0889 e. The molecule has 0 heterocycles. The third-order valence-electron chi connectivity index (χ3n) is 1.15. The number of hydrogen-bond donors (Lipinski definition) is 0. The van der Waals surface area contributed by atoms with Gasteiger partial charge in [0.05, 0.1) is 0 Å². The van der Waals surface area contributed by atoms with E-state index < -0.39 is 0 Å². The summed E-state index contributed by atoms with van der Waals surface area (Å²) in [6.07, 6.45) is 4.94. The molecule has 0 aliphatic heterocycles. The Hall–Kier alpha value is -0.230. The van der Waals surface area contributed by atoms with Gasteiger partial charge < -0.3 is 0 Å². The first-order valence-corrected chi connectivity index (χ1v) is 3.58. The number of halogens is 1. The Morgan fingerprint density at radius 1 is 1.56 bits per heavy atom. The molecule has 0 N–H and O–H groups in total. The van der Waals surface area contributed by atoms with Crippen molar-refractivity contribution in [1.82, 2.24) is 0 Å². The molecule has 0 aliphatic rings. The van der Waals surface area contributed by atoms with Gasteiger partial charge in [-0.15, -0.1) is 0 Å². The van der Waals surface area contributed by atoms with E-state index in [0.29, 0.717) is 0 Å². The van der Waals surface area contributed by atoms with Gasteiger partial charge in [0.2, 0.25) is 0 Å². The van der Waals surface area contributed by atoms with Crippen molar-refractivity contribution in [3.63, 3.8) is 0 Å². The fourth-order valence-corrected chi connectivity index (χ4v) is 0.682. The van der Waals surface area contributed by atoms with Crippen LogP contribution in [0.25, 0.3) is 0 Å². The third kappa shape index (κ3) is 3.36. The summed E-state index contributed by atoms with van der Waals surface area (Å²) < 4.78 is 0. The van der Waals surface area contributed by atoms with E-state index in [9.17, 15) is 0 Å². The van der Waals surface area contributed by atoms with E-state index in [1.165, 1.54) is 5.57 Å². The van der Waals surface area contributed by atoms with E-state index >= 15 is 0 Å². The summed E-state index contributed by atoms with van der Waals surface area (Å²) in [6, 6.07) is 0. The highest BCUT2D eigenvalue weighted by Crippen LogP contribution is 2.13. The summed E-state index contributed by atoms with van der Waals surface area (Å²) in [6.45, 7) is 6.06. The molecule has 0 radical (unpaired) electrons. The molecular weight excluding hydrogens is 132 g/mol. The molecule has 1 heteroatoms. The standard InChI is InChI=1S/C8H13Cl/c1-4-6-7(3)8(9)5-2/h4,6H,5H2,1-3H3/b6-4-,8-7+. The average molecular weight is 145 g/mol. The second-order valence-corrected chi connectivity index (χ2v) is 2.40. The zero-order valence-electron chi connectivity index (χ0n) is 6.24. The van der Waals surface area contributed by atoms with Crippen molar-refractivity contribution in [3.05, 3.63) is 22.8 Å². The summed E-state index contributed by atoms with van der Waals surface area (Å²) >= 11 is 5.82. The summed E-state index contributed by atoms with van der Waals surface area (Å²) in [5.74, 6) is 0. The minimum Gasteiger partial charge on any atom is -0.0889 e. The van der Waals surface area contributed by atoms with Crippen LogP contribution >= 0.6 is 11.6 Å². The third-order valence-corrected chi connectivity index (χ3v) is 1.72. The normalized spacial score (nSPS) is 14.2. The number of rotatable bonds is 2. The molecule has 0 atom stereocenters. The molecule has 9 heavy (non-hydrogen) atoms. The summed E-state index contributed by atoms with van der Waals surface area (Å²) in [7, 11) is 0. The molecule has 0 spiro atoms. The molecule has 0 saturated heterocycles. The van der Waals surface area contributed by atoms with Crippen molar-refractivity contribution in [2.24, 2.45) is 0 Å². The molecule has 0 amide bonds. The van der Waals surface area contributed by atoms with Gasteiger partial charge in [0.1, 0.15) is 0 Å². The average Bonchev–Trinajstić information content (AvgIpc) is 1.87. The smallest absolute Gasteiger partial charge is 0.0207 e. The molecule has 52 valence electrons. The topological polar surface area (TPSA) is 0 Å². The van der Waals surface area contributed by atoms with Crippen LogP contribution in [0, 0.1) is 0 Å². The van der Waals surface area contributed by atoms with Crippen LogP contribution in [0.2, 0.25) is 0 Å². The van der Waals surface area contributed by atoms with Crippen LogP contribution < -0.4 is 0 Å². The van der Waals surface area contributed by atoms with Crippen LogP contribution in [0.3, 0.4) is 0 Å². The highest BCUT2D eigenvalue weighted by atomic mass is 35.5. The Balaban J connectivity index is 4.10. The lowest BCUT2D eigenvalue weighted by Crippen LogP contribution is -1.73. The van der Waals surface area contributed by atoms with E-state index in [1.54, 1.807) is 0 Å². The maximum absolute atomic E-state index is 5.82. The van der Waals surface area contributed by atoms with Crippen LogP contribution in [0.5, 0.6) is 0 Å². The lowest BCUT2D eigenvalue weighted by Gasteiger charge is -1.94. The predicted molar refractivity (Wildman–Crippen MR) is 43.7 cm³/mol. The Kier molecular flexibility index (Phi) is 4.51. The second-order valence-electron chi connectivity index (χ2n) is 1.94. The van der Waals surface area contributed by atoms with Gasteiger partial charge in [-0.1, -0.05) is 30.7 Å². The first-order valence-electron chi connectivity index (χ1n) is 3.20. The van der Waals surface area contributed by atoms with E-state index in [2.05, 4.69) is 6.92 Å². The SMILES string of the molecule is C/C=C\C(C)=C(\Cl)CC. The van der Waals surface area contributed by atoms with E-state index in [1.807, 2.05) is 26.0 Å². The molecule has 0 aromatic rings. The lowest BCUT2D eigenvalue weighted by atomic mass is 10.2. The Labute approximate surface area is 62.2 Å².